The molecule has 1 atom stereocenters. The van der Waals surface area contributed by atoms with Gasteiger partial charge in [0.05, 0.1) is 6.26 Å². The van der Waals surface area contributed by atoms with E-state index >= 15 is 0 Å². The van der Waals surface area contributed by atoms with Crippen molar-refractivity contribution in [2.24, 2.45) is 0 Å². The summed E-state index contributed by atoms with van der Waals surface area (Å²) in [5, 5.41) is 3.40. The van der Waals surface area contributed by atoms with Crippen molar-refractivity contribution in [3.05, 3.63) is 24.2 Å². The lowest BCUT2D eigenvalue weighted by molar-refractivity contribution is 0.0226. The van der Waals surface area contributed by atoms with E-state index in [4.69, 9.17) is 9.15 Å². The third kappa shape index (κ3) is 5.08. The van der Waals surface area contributed by atoms with E-state index in [1.165, 1.54) is 0 Å². The van der Waals surface area contributed by atoms with Crippen molar-refractivity contribution < 1.29 is 13.9 Å². The Bertz CT molecular complexity index is 437. The van der Waals surface area contributed by atoms with Crippen LogP contribution in [0.4, 0.5) is 4.79 Å². The lowest BCUT2D eigenvalue weighted by atomic mass is 10.2. The van der Waals surface area contributed by atoms with Crippen molar-refractivity contribution in [2.75, 3.05) is 19.6 Å². The molecule has 0 spiro atoms. The van der Waals surface area contributed by atoms with Crippen LogP contribution in [0.15, 0.2) is 22.8 Å². The normalized spacial score (nSPS) is 19.0. The number of likely N-dealkylation sites (tertiary alicyclic amines) is 1. The van der Waals surface area contributed by atoms with Gasteiger partial charge in [-0.05, 0) is 45.7 Å². The summed E-state index contributed by atoms with van der Waals surface area (Å²) < 4.78 is 10.8. The van der Waals surface area contributed by atoms with E-state index in [9.17, 15) is 4.79 Å². The first kappa shape index (κ1) is 15.9. The first-order valence-corrected chi connectivity index (χ1v) is 7.68. The highest BCUT2D eigenvalue weighted by Gasteiger charge is 2.31. The summed E-state index contributed by atoms with van der Waals surface area (Å²) in [4.78, 5) is 14.0. The van der Waals surface area contributed by atoms with E-state index in [0.717, 1.165) is 44.7 Å². The zero-order valence-corrected chi connectivity index (χ0v) is 13.2. The van der Waals surface area contributed by atoms with Crippen LogP contribution < -0.4 is 5.32 Å². The highest BCUT2D eigenvalue weighted by molar-refractivity contribution is 5.69. The molecule has 1 unspecified atom stereocenters. The molecule has 1 aliphatic rings. The van der Waals surface area contributed by atoms with Crippen molar-refractivity contribution in [3.8, 4) is 0 Å². The molecule has 0 bridgehead atoms. The smallest absolute Gasteiger partial charge is 0.410 e. The average Bonchev–Trinajstić information content (AvgIpc) is 3.04. The lowest BCUT2D eigenvalue weighted by Crippen LogP contribution is -2.44. The second kappa shape index (κ2) is 6.98. The zero-order chi connectivity index (χ0) is 15.3. The Labute approximate surface area is 126 Å². The van der Waals surface area contributed by atoms with Gasteiger partial charge in [0.1, 0.15) is 11.4 Å². The first-order chi connectivity index (χ1) is 9.96. The maximum Gasteiger partial charge on any atom is 0.410 e. The number of nitrogens with zero attached hydrogens (tertiary/aromatic N) is 1. The van der Waals surface area contributed by atoms with Gasteiger partial charge in [0.25, 0.3) is 0 Å². The predicted octanol–water partition coefficient (Wildman–Crippen LogP) is 2.81. The minimum absolute atomic E-state index is 0.196. The summed E-state index contributed by atoms with van der Waals surface area (Å²) >= 11 is 0. The number of carbonyl (C=O) groups excluding carboxylic acids is 1. The van der Waals surface area contributed by atoms with Gasteiger partial charge in [0.15, 0.2) is 0 Å². The number of ether oxygens (including phenoxy) is 1. The predicted molar refractivity (Wildman–Crippen MR) is 81.2 cm³/mol. The summed E-state index contributed by atoms with van der Waals surface area (Å²) in [5.74, 6) is 0.984. The van der Waals surface area contributed by atoms with Gasteiger partial charge >= 0.3 is 6.09 Å². The SMILES string of the molecule is CC(C)(C)OC(=O)N1CCCC1CNCCc1ccco1. The number of amides is 1. The van der Waals surface area contributed by atoms with Crippen molar-refractivity contribution in [3.63, 3.8) is 0 Å². The standard InChI is InChI=1S/C16H26N2O3/c1-16(2,3)21-15(19)18-10-4-6-13(18)12-17-9-8-14-7-5-11-20-14/h5,7,11,13,17H,4,6,8-10,12H2,1-3H3. The largest absolute Gasteiger partial charge is 0.469 e. The minimum Gasteiger partial charge on any atom is -0.469 e. The minimum atomic E-state index is -0.434. The molecule has 21 heavy (non-hydrogen) atoms. The highest BCUT2D eigenvalue weighted by atomic mass is 16.6. The Kier molecular flexibility index (Phi) is 5.28. The summed E-state index contributed by atoms with van der Waals surface area (Å²) in [7, 11) is 0. The number of carbonyl (C=O) groups is 1. The molecular weight excluding hydrogens is 268 g/mol. The van der Waals surface area contributed by atoms with Gasteiger partial charge in [-0.15, -0.1) is 0 Å². The fourth-order valence-electron chi connectivity index (χ4n) is 2.54. The van der Waals surface area contributed by atoms with E-state index in [2.05, 4.69) is 5.32 Å². The molecule has 1 aromatic rings. The van der Waals surface area contributed by atoms with E-state index in [1.807, 2.05) is 37.8 Å². The Hall–Kier alpha value is -1.49. The third-order valence-electron chi connectivity index (χ3n) is 3.51. The number of hydrogen-bond acceptors (Lipinski definition) is 4. The molecule has 0 saturated carbocycles. The van der Waals surface area contributed by atoms with Crippen molar-refractivity contribution in [2.45, 2.75) is 51.7 Å². The Morgan fingerprint density at radius 3 is 3.00 bits per heavy atom. The molecule has 1 aromatic heterocycles. The fraction of sp³-hybridized carbons (Fsp3) is 0.688. The average molecular weight is 294 g/mol. The second-order valence-corrected chi connectivity index (χ2v) is 6.50. The van der Waals surface area contributed by atoms with Gasteiger partial charge in [0.2, 0.25) is 0 Å². The number of furan rings is 1. The molecular formula is C16H26N2O3. The zero-order valence-electron chi connectivity index (χ0n) is 13.2. The molecule has 0 aromatic carbocycles. The van der Waals surface area contributed by atoms with Crippen LogP contribution in [-0.2, 0) is 11.2 Å². The van der Waals surface area contributed by atoms with Crippen LogP contribution in [0.3, 0.4) is 0 Å². The van der Waals surface area contributed by atoms with E-state index < -0.39 is 5.60 Å². The van der Waals surface area contributed by atoms with Crippen LogP contribution >= 0.6 is 0 Å². The summed E-state index contributed by atoms with van der Waals surface area (Å²) in [6.45, 7) is 8.15. The lowest BCUT2D eigenvalue weighted by Gasteiger charge is -2.28. The van der Waals surface area contributed by atoms with Crippen LogP contribution in [0, 0.1) is 0 Å². The molecule has 1 fully saturated rings. The van der Waals surface area contributed by atoms with Crippen LogP contribution in [0.25, 0.3) is 0 Å². The van der Waals surface area contributed by atoms with Crippen LogP contribution in [0.2, 0.25) is 0 Å². The van der Waals surface area contributed by atoms with Crippen molar-refractivity contribution in [1.29, 1.82) is 0 Å². The van der Waals surface area contributed by atoms with Gasteiger partial charge < -0.3 is 19.4 Å². The Morgan fingerprint density at radius 2 is 2.33 bits per heavy atom. The monoisotopic (exact) mass is 294 g/mol. The van der Waals surface area contributed by atoms with E-state index in [-0.39, 0.29) is 12.1 Å². The second-order valence-electron chi connectivity index (χ2n) is 6.50. The van der Waals surface area contributed by atoms with Gasteiger partial charge in [-0.25, -0.2) is 4.79 Å². The molecule has 0 radical (unpaired) electrons. The molecule has 5 nitrogen and oxygen atoms in total. The summed E-state index contributed by atoms with van der Waals surface area (Å²) in [5.41, 5.74) is -0.434. The van der Waals surface area contributed by atoms with Crippen LogP contribution in [0.5, 0.6) is 0 Å². The molecule has 2 rings (SSSR count). The van der Waals surface area contributed by atoms with Gasteiger partial charge in [-0.3, -0.25) is 0 Å². The highest BCUT2D eigenvalue weighted by Crippen LogP contribution is 2.20. The molecule has 1 amide bonds. The van der Waals surface area contributed by atoms with Crippen molar-refractivity contribution in [1.82, 2.24) is 10.2 Å². The summed E-state index contributed by atoms with van der Waals surface area (Å²) in [6.07, 6.45) is 4.44. The van der Waals surface area contributed by atoms with Gasteiger partial charge in [-0.2, -0.15) is 0 Å². The van der Waals surface area contributed by atoms with E-state index in [1.54, 1.807) is 6.26 Å². The molecule has 1 aliphatic heterocycles. The quantitative estimate of drug-likeness (QED) is 0.848. The maximum atomic E-state index is 12.2. The Morgan fingerprint density at radius 1 is 1.52 bits per heavy atom. The van der Waals surface area contributed by atoms with Gasteiger partial charge in [-0.1, -0.05) is 0 Å². The molecule has 118 valence electrons. The Balaban J connectivity index is 1.72. The van der Waals surface area contributed by atoms with Gasteiger partial charge in [0, 0.05) is 32.1 Å². The van der Waals surface area contributed by atoms with Crippen LogP contribution in [0.1, 0.15) is 39.4 Å². The first-order valence-electron chi connectivity index (χ1n) is 7.68. The maximum absolute atomic E-state index is 12.2. The van der Waals surface area contributed by atoms with E-state index in [0.29, 0.717) is 0 Å². The molecule has 1 saturated heterocycles. The molecule has 1 N–H and O–H groups in total. The van der Waals surface area contributed by atoms with Crippen LogP contribution in [-0.4, -0.2) is 42.3 Å². The fourth-order valence-corrected chi connectivity index (χ4v) is 2.54. The molecule has 0 aliphatic carbocycles. The van der Waals surface area contributed by atoms with Crippen molar-refractivity contribution >= 4 is 6.09 Å². The number of rotatable bonds is 5. The molecule has 5 heteroatoms. The summed E-state index contributed by atoms with van der Waals surface area (Å²) in [6, 6.07) is 4.11. The number of nitrogens with one attached hydrogen (secondary N) is 1. The number of hydrogen-bond donors (Lipinski definition) is 1. The topological polar surface area (TPSA) is 54.7 Å². The third-order valence-corrected chi connectivity index (χ3v) is 3.51. The molecule has 2 heterocycles.